The fourth-order valence-electron chi connectivity index (χ4n) is 2.58. The Labute approximate surface area is 155 Å². The number of hydrogen-bond donors (Lipinski definition) is 3. The summed E-state index contributed by atoms with van der Waals surface area (Å²) in [5.41, 5.74) is 10.8. The number of nitrogens with two attached hydrogens (primary N) is 1. The highest BCUT2D eigenvalue weighted by atomic mass is 16.1. The van der Waals surface area contributed by atoms with E-state index in [0.29, 0.717) is 12.1 Å². The van der Waals surface area contributed by atoms with Crippen molar-refractivity contribution in [2.45, 2.75) is 27.7 Å². The van der Waals surface area contributed by atoms with Gasteiger partial charge in [-0.05, 0) is 61.4 Å². The normalized spacial score (nSPS) is 10.2. The molecule has 4 nitrogen and oxygen atoms in total. The molecule has 0 unspecified atom stereocenters. The average molecular weight is 347 g/mol. The largest absolute Gasteiger partial charge is 0.384 e. The molecule has 4 heteroatoms. The van der Waals surface area contributed by atoms with E-state index in [1.807, 2.05) is 52.0 Å². The zero-order valence-electron chi connectivity index (χ0n) is 15.7. The molecule has 0 aliphatic heterocycles. The Morgan fingerprint density at radius 2 is 1.81 bits per heavy atom. The van der Waals surface area contributed by atoms with Crippen LogP contribution in [-0.4, -0.2) is 18.2 Å². The standard InChI is InChI=1S/C22H25N3O/c1-14(2)21(26)20-13-15(3)18(12-16(20)4)6-5-11-25-19-9-7-17(8-10-19)22(23)24/h7-10,12-14,25H,11H2,1-4H3,(H3,23,24). The number of anilines is 1. The van der Waals surface area contributed by atoms with Crippen LogP contribution in [0.15, 0.2) is 36.4 Å². The first-order valence-electron chi connectivity index (χ1n) is 8.62. The average Bonchev–Trinajstić information content (AvgIpc) is 2.60. The third-order valence-electron chi connectivity index (χ3n) is 4.16. The molecular formula is C22H25N3O. The molecule has 0 saturated carbocycles. The van der Waals surface area contributed by atoms with E-state index in [2.05, 4.69) is 17.2 Å². The summed E-state index contributed by atoms with van der Waals surface area (Å²) < 4.78 is 0. The fraction of sp³-hybridized carbons (Fsp3) is 0.273. The molecule has 2 rings (SSSR count). The van der Waals surface area contributed by atoms with Crippen LogP contribution in [0.1, 0.15) is 46.5 Å². The summed E-state index contributed by atoms with van der Waals surface area (Å²) >= 11 is 0. The number of ketones is 1. The van der Waals surface area contributed by atoms with Gasteiger partial charge in [0.15, 0.2) is 5.78 Å². The van der Waals surface area contributed by atoms with Crippen LogP contribution in [0.2, 0.25) is 0 Å². The second-order valence-corrected chi connectivity index (χ2v) is 6.65. The first-order valence-corrected chi connectivity index (χ1v) is 8.62. The maximum Gasteiger partial charge on any atom is 0.165 e. The molecule has 0 aromatic heterocycles. The van der Waals surface area contributed by atoms with Gasteiger partial charge in [0.05, 0.1) is 6.54 Å². The minimum absolute atomic E-state index is 0.0105. The van der Waals surface area contributed by atoms with Gasteiger partial charge in [-0.15, -0.1) is 0 Å². The summed E-state index contributed by atoms with van der Waals surface area (Å²) in [6.45, 7) is 8.27. The van der Waals surface area contributed by atoms with E-state index in [1.165, 1.54) is 0 Å². The molecule has 26 heavy (non-hydrogen) atoms. The van der Waals surface area contributed by atoms with Gasteiger partial charge in [-0.1, -0.05) is 25.7 Å². The van der Waals surface area contributed by atoms with Crippen molar-refractivity contribution in [3.05, 3.63) is 64.2 Å². The summed E-state index contributed by atoms with van der Waals surface area (Å²) in [6.07, 6.45) is 0. The van der Waals surface area contributed by atoms with Crippen LogP contribution in [0.25, 0.3) is 0 Å². The number of carbonyl (C=O) groups is 1. The summed E-state index contributed by atoms with van der Waals surface area (Å²) in [7, 11) is 0. The summed E-state index contributed by atoms with van der Waals surface area (Å²) in [4.78, 5) is 12.2. The van der Waals surface area contributed by atoms with Gasteiger partial charge in [0.1, 0.15) is 5.84 Å². The molecule has 4 N–H and O–H groups in total. The molecule has 0 spiro atoms. The van der Waals surface area contributed by atoms with Crippen LogP contribution in [0.4, 0.5) is 5.69 Å². The van der Waals surface area contributed by atoms with Crippen LogP contribution >= 0.6 is 0 Å². The topological polar surface area (TPSA) is 79.0 Å². The zero-order chi connectivity index (χ0) is 19.3. The van der Waals surface area contributed by atoms with E-state index in [1.54, 1.807) is 12.1 Å². The van der Waals surface area contributed by atoms with E-state index in [4.69, 9.17) is 11.1 Å². The molecule has 0 radical (unpaired) electrons. The minimum Gasteiger partial charge on any atom is -0.384 e. The van der Waals surface area contributed by atoms with Gasteiger partial charge < -0.3 is 11.1 Å². The van der Waals surface area contributed by atoms with Gasteiger partial charge in [0.25, 0.3) is 0 Å². The lowest BCUT2D eigenvalue weighted by atomic mass is 9.93. The van der Waals surface area contributed by atoms with E-state index >= 15 is 0 Å². The van der Waals surface area contributed by atoms with Crippen molar-refractivity contribution in [3.8, 4) is 11.8 Å². The lowest BCUT2D eigenvalue weighted by Crippen LogP contribution is -2.10. The minimum atomic E-state index is -0.0105. The molecule has 2 aromatic rings. The molecule has 134 valence electrons. The van der Waals surface area contributed by atoms with Gasteiger partial charge >= 0.3 is 0 Å². The predicted molar refractivity (Wildman–Crippen MR) is 108 cm³/mol. The predicted octanol–water partition coefficient (Wildman–Crippen LogP) is 3.89. The van der Waals surface area contributed by atoms with Gasteiger partial charge in [0, 0.05) is 28.3 Å². The summed E-state index contributed by atoms with van der Waals surface area (Å²) in [5.74, 6) is 6.50. The van der Waals surface area contributed by atoms with Crippen molar-refractivity contribution in [3.63, 3.8) is 0 Å². The Morgan fingerprint density at radius 3 is 2.38 bits per heavy atom. The summed E-state index contributed by atoms with van der Waals surface area (Å²) in [6, 6.07) is 11.3. The van der Waals surface area contributed by atoms with Crippen molar-refractivity contribution in [2.24, 2.45) is 11.7 Å². The first kappa shape index (κ1) is 19.3. The zero-order valence-corrected chi connectivity index (χ0v) is 15.7. The Bertz CT molecular complexity index is 884. The van der Waals surface area contributed by atoms with Crippen molar-refractivity contribution in [2.75, 3.05) is 11.9 Å². The number of rotatable bonds is 5. The number of nitrogen functional groups attached to an aromatic ring is 1. The van der Waals surface area contributed by atoms with Gasteiger partial charge in [-0.3, -0.25) is 10.2 Å². The SMILES string of the molecule is Cc1cc(C(=O)C(C)C)c(C)cc1C#CCNc1ccc(C(=N)N)cc1. The Balaban J connectivity index is 2.06. The molecule has 0 amide bonds. The maximum atomic E-state index is 12.2. The van der Waals surface area contributed by atoms with Gasteiger partial charge in [-0.2, -0.15) is 0 Å². The molecule has 0 heterocycles. The van der Waals surface area contributed by atoms with Crippen molar-refractivity contribution in [1.82, 2.24) is 0 Å². The van der Waals surface area contributed by atoms with Crippen LogP contribution in [-0.2, 0) is 0 Å². The van der Waals surface area contributed by atoms with Crippen molar-refractivity contribution >= 4 is 17.3 Å². The van der Waals surface area contributed by atoms with E-state index in [0.717, 1.165) is 27.9 Å². The highest BCUT2D eigenvalue weighted by molar-refractivity contribution is 5.99. The second kappa shape index (κ2) is 8.35. The number of hydrogen-bond acceptors (Lipinski definition) is 3. The quantitative estimate of drug-likeness (QED) is 0.332. The van der Waals surface area contributed by atoms with Crippen LogP contribution in [0.3, 0.4) is 0 Å². The van der Waals surface area contributed by atoms with E-state index < -0.39 is 0 Å². The number of amidine groups is 1. The lowest BCUT2D eigenvalue weighted by Gasteiger charge is -2.10. The van der Waals surface area contributed by atoms with Crippen molar-refractivity contribution < 1.29 is 4.79 Å². The van der Waals surface area contributed by atoms with Crippen LogP contribution in [0.5, 0.6) is 0 Å². The van der Waals surface area contributed by atoms with Gasteiger partial charge in [-0.25, -0.2) is 0 Å². The van der Waals surface area contributed by atoms with Crippen LogP contribution in [0, 0.1) is 37.0 Å². The molecular weight excluding hydrogens is 322 g/mol. The number of nitrogens with one attached hydrogen (secondary N) is 2. The molecule has 0 fully saturated rings. The number of benzene rings is 2. The number of carbonyl (C=O) groups excluding carboxylic acids is 1. The van der Waals surface area contributed by atoms with E-state index in [9.17, 15) is 4.79 Å². The Hall–Kier alpha value is -3.06. The summed E-state index contributed by atoms with van der Waals surface area (Å²) in [5, 5.41) is 10.6. The Morgan fingerprint density at radius 1 is 1.15 bits per heavy atom. The third kappa shape index (κ3) is 4.73. The molecule has 0 aliphatic carbocycles. The maximum absolute atomic E-state index is 12.2. The second-order valence-electron chi connectivity index (χ2n) is 6.65. The smallest absolute Gasteiger partial charge is 0.165 e. The highest BCUT2D eigenvalue weighted by Gasteiger charge is 2.14. The van der Waals surface area contributed by atoms with E-state index in [-0.39, 0.29) is 17.5 Å². The number of aryl methyl sites for hydroxylation is 2. The highest BCUT2D eigenvalue weighted by Crippen LogP contribution is 2.18. The lowest BCUT2D eigenvalue weighted by molar-refractivity contribution is 0.0938. The fourth-order valence-corrected chi connectivity index (χ4v) is 2.58. The monoisotopic (exact) mass is 347 g/mol. The Kier molecular flexibility index (Phi) is 6.19. The molecule has 0 bridgehead atoms. The van der Waals surface area contributed by atoms with Gasteiger partial charge in [0.2, 0.25) is 0 Å². The third-order valence-corrected chi connectivity index (χ3v) is 4.16. The molecule has 0 saturated heterocycles. The first-order chi connectivity index (χ1) is 12.3. The van der Waals surface area contributed by atoms with Crippen LogP contribution < -0.4 is 11.1 Å². The number of Topliss-reactive ketones (excluding diaryl/α,β-unsaturated/α-hetero) is 1. The van der Waals surface area contributed by atoms with Crippen molar-refractivity contribution in [1.29, 1.82) is 5.41 Å². The molecule has 0 aliphatic rings. The molecule has 2 aromatic carbocycles. The molecule has 0 atom stereocenters.